The van der Waals surface area contributed by atoms with Gasteiger partial charge in [0.1, 0.15) is 9.93 Å². The van der Waals surface area contributed by atoms with Crippen LogP contribution in [-0.2, 0) is 4.79 Å². The summed E-state index contributed by atoms with van der Waals surface area (Å²) in [5.41, 5.74) is 3.09. The van der Waals surface area contributed by atoms with Gasteiger partial charge in [0, 0.05) is 23.0 Å². The molecule has 0 atom stereocenters. The highest BCUT2D eigenvalue weighted by Crippen LogP contribution is 2.51. The number of hydrogen-bond donors (Lipinski definition) is 0. The first kappa shape index (κ1) is 21.3. The molecule has 1 amide bonds. The molecule has 0 aromatic heterocycles. The maximum Gasteiger partial charge on any atom is 0.269 e. The van der Waals surface area contributed by atoms with Crippen LogP contribution in [0.15, 0.2) is 62.3 Å². The smallest absolute Gasteiger partial charge is 0.269 e. The number of unbranched alkanes of at least 4 members (excludes halogenated alkanes) is 1. The van der Waals surface area contributed by atoms with Crippen LogP contribution in [0.4, 0.5) is 11.4 Å². The predicted molar refractivity (Wildman–Crippen MR) is 130 cm³/mol. The number of thioether (sulfide) groups is 2. The van der Waals surface area contributed by atoms with Gasteiger partial charge in [-0.2, -0.15) is 0 Å². The highest BCUT2D eigenvalue weighted by Gasteiger charge is 2.39. The standard InChI is InChI=1S/C23H24ClN3OS2/c1-4-6-12-27-21(28)20(30-23(27)25-17-9-7-8-15(3)13-17)22-26(5-2)18-14-16(24)10-11-19(18)29-22/h7-11,13-14H,4-6,12H2,1-3H3. The number of amidine groups is 1. The van der Waals surface area contributed by atoms with Gasteiger partial charge < -0.3 is 4.90 Å². The number of nitrogens with zero attached hydrogens (tertiary/aromatic N) is 3. The van der Waals surface area contributed by atoms with E-state index in [9.17, 15) is 4.79 Å². The number of hydrogen-bond acceptors (Lipinski definition) is 5. The molecule has 156 valence electrons. The van der Waals surface area contributed by atoms with Gasteiger partial charge >= 0.3 is 0 Å². The first-order valence-corrected chi connectivity index (χ1v) is 12.2. The molecule has 2 aromatic carbocycles. The number of rotatable bonds is 5. The minimum Gasteiger partial charge on any atom is -0.334 e. The SMILES string of the molecule is CCCCN1C(=O)C(=C2Sc3ccc(Cl)cc3N2CC)SC1=Nc1cccc(C)c1. The summed E-state index contributed by atoms with van der Waals surface area (Å²) in [6, 6.07) is 14.0. The van der Waals surface area contributed by atoms with E-state index in [-0.39, 0.29) is 5.91 Å². The molecule has 0 unspecified atom stereocenters. The van der Waals surface area contributed by atoms with E-state index in [1.54, 1.807) is 11.8 Å². The topological polar surface area (TPSA) is 35.9 Å². The predicted octanol–water partition coefficient (Wildman–Crippen LogP) is 6.81. The fraction of sp³-hybridized carbons (Fsp3) is 0.304. The van der Waals surface area contributed by atoms with Gasteiger partial charge in [0.25, 0.3) is 5.91 Å². The zero-order valence-corrected chi connectivity index (χ0v) is 19.7. The lowest BCUT2D eigenvalue weighted by Gasteiger charge is -2.19. The lowest BCUT2D eigenvalue weighted by atomic mass is 10.2. The maximum absolute atomic E-state index is 13.4. The van der Waals surface area contributed by atoms with Gasteiger partial charge in [0.2, 0.25) is 0 Å². The number of fused-ring (bicyclic) bond motifs is 1. The summed E-state index contributed by atoms with van der Waals surface area (Å²) in [7, 11) is 0. The van der Waals surface area contributed by atoms with Crippen LogP contribution in [0.25, 0.3) is 0 Å². The lowest BCUT2D eigenvalue weighted by molar-refractivity contribution is -0.122. The van der Waals surface area contributed by atoms with Gasteiger partial charge in [0.05, 0.1) is 11.4 Å². The molecule has 2 heterocycles. The Balaban J connectivity index is 1.75. The van der Waals surface area contributed by atoms with E-state index in [4.69, 9.17) is 16.6 Å². The Labute approximate surface area is 191 Å². The molecule has 2 aliphatic heterocycles. The molecule has 0 radical (unpaired) electrons. The first-order chi connectivity index (χ1) is 14.5. The summed E-state index contributed by atoms with van der Waals surface area (Å²) in [6.45, 7) is 7.73. The molecule has 0 bridgehead atoms. The van der Waals surface area contributed by atoms with Crippen LogP contribution in [-0.4, -0.2) is 29.1 Å². The van der Waals surface area contributed by atoms with E-state index >= 15 is 0 Å². The Hall–Kier alpha value is -1.89. The third-order valence-corrected chi connectivity index (χ3v) is 7.61. The largest absolute Gasteiger partial charge is 0.334 e. The van der Waals surface area contributed by atoms with Crippen LogP contribution in [0.1, 0.15) is 32.3 Å². The number of anilines is 1. The Bertz CT molecular complexity index is 1050. The van der Waals surface area contributed by atoms with Crippen LogP contribution in [0.5, 0.6) is 0 Å². The molecule has 4 rings (SSSR count). The number of amides is 1. The molecule has 4 nitrogen and oxygen atoms in total. The summed E-state index contributed by atoms with van der Waals surface area (Å²) in [5.74, 6) is 0.0414. The van der Waals surface area contributed by atoms with Crippen LogP contribution < -0.4 is 4.90 Å². The van der Waals surface area contributed by atoms with Crippen molar-refractivity contribution in [3.05, 3.63) is 63.0 Å². The summed E-state index contributed by atoms with van der Waals surface area (Å²) in [6.07, 6.45) is 1.97. The minimum atomic E-state index is 0.0414. The van der Waals surface area contributed by atoms with Crippen molar-refractivity contribution in [3.63, 3.8) is 0 Å². The molecule has 0 aliphatic carbocycles. The van der Waals surface area contributed by atoms with Crippen LogP contribution in [0.3, 0.4) is 0 Å². The first-order valence-electron chi connectivity index (χ1n) is 10.2. The average molecular weight is 458 g/mol. The van der Waals surface area contributed by atoms with Crippen molar-refractivity contribution in [3.8, 4) is 0 Å². The molecule has 0 spiro atoms. The number of carbonyl (C=O) groups is 1. The second-order valence-electron chi connectivity index (χ2n) is 7.24. The molecule has 0 saturated carbocycles. The van der Waals surface area contributed by atoms with Crippen molar-refractivity contribution in [1.29, 1.82) is 0 Å². The average Bonchev–Trinajstić information content (AvgIpc) is 3.23. The quantitative estimate of drug-likeness (QED) is 0.462. The minimum absolute atomic E-state index is 0.0414. The van der Waals surface area contributed by atoms with Crippen molar-refractivity contribution in [2.45, 2.75) is 38.5 Å². The van der Waals surface area contributed by atoms with Gasteiger partial charge in [-0.15, -0.1) is 0 Å². The van der Waals surface area contributed by atoms with Crippen molar-refractivity contribution in [2.75, 3.05) is 18.0 Å². The highest BCUT2D eigenvalue weighted by molar-refractivity contribution is 8.19. The Morgan fingerprint density at radius 3 is 2.63 bits per heavy atom. The molecule has 1 fully saturated rings. The summed E-state index contributed by atoms with van der Waals surface area (Å²) < 4.78 is 0. The van der Waals surface area contributed by atoms with Crippen LogP contribution in [0, 0.1) is 6.92 Å². The van der Waals surface area contributed by atoms with E-state index in [2.05, 4.69) is 31.7 Å². The van der Waals surface area contributed by atoms with E-state index in [1.165, 1.54) is 11.8 Å². The molecule has 0 N–H and O–H groups in total. The van der Waals surface area contributed by atoms with Crippen LogP contribution in [0.2, 0.25) is 5.02 Å². The Kier molecular flexibility index (Phi) is 6.46. The van der Waals surface area contributed by atoms with Gasteiger partial charge in [-0.25, -0.2) is 4.99 Å². The number of carbonyl (C=O) groups excluding carboxylic acids is 1. The second kappa shape index (κ2) is 9.08. The number of benzene rings is 2. The van der Waals surface area contributed by atoms with Crippen LogP contribution >= 0.6 is 35.1 Å². The molecule has 2 aliphatic rings. The third kappa shape index (κ3) is 4.13. The van der Waals surface area contributed by atoms with E-state index in [0.29, 0.717) is 11.6 Å². The van der Waals surface area contributed by atoms with Crippen molar-refractivity contribution >= 4 is 57.6 Å². The van der Waals surface area contributed by atoms with Gasteiger partial charge in [-0.3, -0.25) is 9.69 Å². The lowest BCUT2D eigenvalue weighted by Crippen LogP contribution is -2.30. The van der Waals surface area contributed by atoms with Gasteiger partial charge in [-0.1, -0.05) is 48.8 Å². The van der Waals surface area contributed by atoms with Crippen molar-refractivity contribution < 1.29 is 4.79 Å². The van der Waals surface area contributed by atoms with E-state index in [1.807, 2.05) is 41.3 Å². The highest BCUT2D eigenvalue weighted by atomic mass is 35.5. The fourth-order valence-electron chi connectivity index (χ4n) is 3.48. The molecule has 2 aromatic rings. The zero-order chi connectivity index (χ0) is 21.3. The normalized spacial score (nSPS) is 19.9. The molecular weight excluding hydrogens is 434 g/mol. The monoisotopic (exact) mass is 457 g/mol. The molecule has 7 heteroatoms. The number of aryl methyl sites for hydroxylation is 1. The molecule has 1 saturated heterocycles. The van der Waals surface area contributed by atoms with Gasteiger partial charge in [-0.05, 0) is 67.9 Å². The van der Waals surface area contributed by atoms with Gasteiger partial charge in [0.15, 0.2) is 5.17 Å². The zero-order valence-electron chi connectivity index (χ0n) is 17.3. The summed E-state index contributed by atoms with van der Waals surface area (Å²) >= 11 is 9.36. The maximum atomic E-state index is 13.4. The fourth-order valence-corrected chi connectivity index (χ4v) is 6.04. The number of aliphatic imine (C=N–C) groups is 1. The molecular formula is C23H24ClN3OS2. The number of halogens is 1. The van der Waals surface area contributed by atoms with Crippen molar-refractivity contribution in [1.82, 2.24) is 4.90 Å². The summed E-state index contributed by atoms with van der Waals surface area (Å²) in [4.78, 5) is 24.2. The van der Waals surface area contributed by atoms with E-state index < -0.39 is 0 Å². The molecule has 30 heavy (non-hydrogen) atoms. The second-order valence-corrected chi connectivity index (χ2v) is 9.68. The summed E-state index contributed by atoms with van der Waals surface area (Å²) in [5, 5.41) is 2.43. The Morgan fingerprint density at radius 2 is 1.90 bits per heavy atom. The Morgan fingerprint density at radius 1 is 1.07 bits per heavy atom. The third-order valence-electron chi connectivity index (χ3n) is 5.00. The van der Waals surface area contributed by atoms with E-state index in [0.717, 1.165) is 56.3 Å². The van der Waals surface area contributed by atoms with Crippen molar-refractivity contribution in [2.24, 2.45) is 4.99 Å².